The summed E-state index contributed by atoms with van der Waals surface area (Å²) in [6, 6.07) is 9.87. The Morgan fingerprint density at radius 3 is 2.66 bits per heavy atom. The number of benzene rings is 1. The van der Waals surface area contributed by atoms with E-state index in [4.69, 9.17) is 4.74 Å². The maximum absolute atomic E-state index is 11.3. The highest BCUT2D eigenvalue weighted by atomic mass is 16.5. The molecular weight excluding hydrogens is 368 g/mol. The largest absolute Gasteiger partial charge is 0.507 e. The Hall–Kier alpha value is -2.93. The molecule has 0 unspecified atom stereocenters. The van der Waals surface area contributed by atoms with Gasteiger partial charge in [0.1, 0.15) is 11.9 Å². The second-order valence-corrected chi connectivity index (χ2v) is 7.68. The van der Waals surface area contributed by atoms with E-state index >= 15 is 0 Å². The number of hydrogen-bond acceptors (Lipinski definition) is 6. The fourth-order valence-corrected chi connectivity index (χ4v) is 4.13. The monoisotopic (exact) mass is 394 g/mol. The SMILES string of the molecule is CNC(=O)/C=C/c1ccc(-c2ccc(O[C@H]3C[C@H]4CCC[C@@H](C3)N4)nn2)c(O)c1. The maximum Gasteiger partial charge on any atom is 0.243 e. The number of phenols is 1. The van der Waals surface area contributed by atoms with Gasteiger partial charge in [-0.15, -0.1) is 10.2 Å². The Kier molecular flexibility index (Phi) is 5.76. The van der Waals surface area contributed by atoms with Crippen molar-refractivity contribution >= 4 is 12.0 Å². The lowest BCUT2D eigenvalue weighted by molar-refractivity contribution is -0.115. The van der Waals surface area contributed by atoms with Gasteiger partial charge in [-0.2, -0.15) is 0 Å². The molecule has 7 nitrogen and oxygen atoms in total. The van der Waals surface area contributed by atoms with Gasteiger partial charge in [-0.1, -0.05) is 12.5 Å². The normalized spacial score (nSPS) is 23.7. The van der Waals surface area contributed by atoms with Crippen molar-refractivity contribution in [2.75, 3.05) is 7.05 Å². The summed E-state index contributed by atoms with van der Waals surface area (Å²) in [6.45, 7) is 0. The van der Waals surface area contributed by atoms with Gasteiger partial charge < -0.3 is 20.5 Å². The first-order chi connectivity index (χ1) is 14.1. The van der Waals surface area contributed by atoms with Crippen LogP contribution in [0.15, 0.2) is 36.4 Å². The molecule has 3 heterocycles. The first-order valence-corrected chi connectivity index (χ1v) is 10.1. The van der Waals surface area contributed by atoms with Gasteiger partial charge in [-0.25, -0.2) is 0 Å². The van der Waals surface area contributed by atoms with Crippen LogP contribution in [0.5, 0.6) is 11.6 Å². The van der Waals surface area contributed by atoms with E-state index in [0.717, 1.165) is 18.4 Å². The zero-order chi connectivity index (χ0) is 20.2. The number of aromatic hydroxyl groups is 1. The van der Waals surface area contributed by atoms with Gasteiger partial charge >= 0.3 is 0 Å². The van der Waals surface area contributed by atoms with E-state index in [-0.39, 0.29) is 17.8 Å². The topological polar surface area (TPSA) is 96.4 Å². The summed E-state index contributed by atoms with van der Waals surface area (Å²) in [5.74, 6) is 0.397. The highest BCUT2D eigenvalue weighted by Crippen LogP contribution is 2.31. The summed E-state index contributed by atoms with van der Waals surface area (Å²) in [7, 11) is 1.57. The van der Waals surface area contributed by atoms with Crippen molar-refractivity contribution in [3.63, 3.8) is 0 Å². The molecule has 3 atom stereocenters. The van der Waals surface area contributed by atoms with Gasteiger partial charge in [-0.05, 0) is 55.5 Å². The van der Waals surface area contributed by atoms with E-state index in [1.54, 1.807) is 37.4 Å². The molecule has 2 bridgehead atoms. The second kappa shape index (κ2) is 8.61. The van der Waals surface area contributed by atoms with Crippen LogP contribution in [0, 0.1) is 0 Å². The van der Waals surface area contributed by atoms with Gasteiger partial charge in [0.15, 0.2) is 0 Å². The summed E-state index contributed by atoms with van der Waals surface area (Å²) in [5.41, 5.74) is 1.87. The predicted molar refractivity (Wildman–Crippen MR) is 110 cm³/mol. The fourth-order valence-electron chi connectivity index (χ4n) is 4.13. The number of likely N-dealkylation sites (N-methyl/N-ethyl adjacent to an activating group) is 1. The molecule has 2 fully saturated rings. The van der Waals surface area contributed by atoms with Crippen LogP contribution in [0.3, 0.4) is 0 Å². The smallest absolute Gasteiger partial charge is 0.243 e. The van der Waals surface area contributed by atoms with Crippen LogP contribution < -0.4 is 15.4 Å². The minimum Gasteiger partial charge on any atom is -0.507 e. The summed E-state index contributed by atoms with van der Waals surface area (Å²) < 4.78 is 6.07. The van der Waals surface area contributed by atoms with Crippen LogP contribution >= 0.6 is 0 Å². The van der Waals surface area contributed by atoms with E-state index in [0.29, 0.717) is 29.2 Å². The second-order valence-electron chi connectivity index (χ2n) is 7.68. The van der Waals surface area contributed by atoms with Crippen LogP contribution in [-0.4, -0.2) is 46.4 Å². The third-order valence-electron chi connectivity index (χ3n) is 5.57. The van der Waals surface area contributed by atoms with Crippen molar-refractivity contribution in [1.29, 1.82) is 0 Å². The number of hydrogen-bond donors (Lipinski definition) is 3. The van der Waals surface area contributed by atoms with Gasteiger partial charge in [0, 0.05) is 36.8 Å². The molecule has 1 amide bonds. The summed E-state index contributed by atoms with van der Waals surface area (Å²) in [6.07, 6.45) is 8.97. The molecule has 2 aliphatic heterocycles. The quantitative estimate of drug-likeness (QED) is 0.675. The molecule has 0 radical (unpaired) electrons. The number of ether oxygens (including phenoxy) is 1. The number of carbonyl (C=O) groups is 1. The minimum absolute atomic E-state index is 0.0817. The zero-order valence-electron chi connectivity index (χ0n) is 16.5. The van der Waals surface area contributed by atoms with E-state index < -0.39 is 0 Å². The molecular formula is C22H26N4O3. The zero-order valence-corrected chi connectivity index (χ0v) is 16.5. The van der Waals surface area contributed by atoms with Crippen LogP contribution in [0.1, 0.15) is 37.7 Å². The van der Waals surface area contributed by atoms with E-state index in [1.165, 1.54) is 25.3 Å². The number of carbonyl (C=O) groups excluding carboxylic acids is 1. The van der Waals surface area contributed by atoms with Crippen LogP contribution in [0.25, 0.3) is 17.3 Å². The molecule has 7 heteroatoms. The van der Waals surface area contributed by atoms with Crippen molar-refractivity contribution in [3.05, 3.63) is 42.0 Å². The lowest BCUT2D eigenvalue weighted by atomic mass is 9.85. The van der Waals surface area contributed by atoms with E-state index in [9.17, 15) is 9.90 Å². The number of fused-ring (bicyclic) bond motifs is 2. The summed E-state index contributed by atoms with van der Waals surface area (Å²) in [4.78, 5) is 11.3. The molecule has 2 saturated heterocycles. The molecule has 1 aromatic heterocycles. The van der Waals surface area contributed by atoms with Crippen molar-refractivity contribution in [1.82, 2.24) is 20.8 Å². The molecule has 152 valence electrons. The lowest BCUT2D eigenvalue weighted by Gasteiger charge is -2.39. The predicted octanol–water partition coefficient (Wildman–Crippen LogP) is 2.66. The van der Waals surface area contributed by atoms with Crippen LogP contribution in [0.2, 0.25) is 0 Å². The number of nitrogens with one attached hydrogen (secondary N) is 2. The Morgan fingerprint density at radius 1 is 1.21 bits per heavy atom. The molecule has 0 aliphatic carbocycles. The van der Waals surface area contributed by atoms with Crippen molar-refractivity contribution in [2.24, 2.45) is 0 Å². The molecule has 2 aromatic rings. The molecule has 29 heavy (non-hydrogen) atoms. The van der Waals surface area contributed by atoms with E-state index in [2.05, 4.69) is 20.8 Å². The molecule has 0 saturated carbocycles. The number of aromatic nitrogens is 2. The average Bonchev–Trinajstić information content (AvgIpc) is 2.72. The fraction of sp³-hybridized carbons (Fsp3) is 0.409. The summed E-state index contributed by atoms with van der Waals surface area (Å²) in [5, 5.41) is 25.0. The van der Waals surface area contributed by atoms with E-state index in [1.807, 2.05) is 6.07 Å². The molecule has 1 aromatic carbocycles. The Balaban J connectivity index is 1.42. The number of nitrogens with zero attached hydrogens (tertiary/aromatic N) is 2. The van der Waals surface area contributed by atoms with Crippen LogP contribution in [-0.2, 0) is 4.79 Å². The number of piperidine rings is 2. The Labute approximate surface area is 170 Å². The lowest BCUT2D eigenvalue weighted by Crippen LogP contribution is -2.51. The Bertz CT molecular complexity index is 885. The number of phenolic OH excluding ortho intramolecular Hbond substituents is 1. The van der Waals surface area contributed by atoms with Crippen molar-refractivity contribution in [3.8, 4) is 22.9 Å². The first kappa shape index (κ1) is 19.4. The number of amides is 1. The molecule has 4 rings (SSSR count). The standard InChI is InChI=1S/C22H26N4O3/c1-23-21(28)9-6-14-5-7-18(20(27)11-14)19-8-10-22(26-25-19)29-17-12-15-3-2-4-16(13-17)24-15/h5-11,15-17,24,27H,2-4,12-13H2,1H3,(H,23,28)/b9-6+/t15-,16+,17+. The third-order valence-corrected chi connectivity index (χ3v) is 5.57. The highest BCUT2D eigenvalue weighted by Gasteiger charge is 2.32. The number of rotatable bonds is 5. The van der Waals surface area contributed by atoms with Gasteiger partial charge in [0.25, 0.3) is 0 Å². The Morgan fingerprint density at radius 2 is 2.00 bits per heavy atom. The first-order valence-electron chi connectivity index (χ1n) is 10.1. The third kappa shape index (κ3) is 4.74. The molecule has 0 spiro atoms. The van der Waals surface area contributed by atoms with Gasteiger partial charge in [-0.3, -0.25) is 4.79 Å². The van der Waals surface area contributed by atoms with Gasteiger partial charge in [0.05, 0.1) is 5.69 Å². The highest BCUT2D eigenvalue weighted by molar-refractivity contribution is 5.91. The minimum atomic E-state index is -0.201. The van der Waals surface area contributed by atoms with Crippen LogP contribution in [0.4, 0.5) is 0 Å². The van der Waals surface area contributed by atoms with Gasteiger partial charge in [0.2, 0.25) is 11.8 Å². The molecule has 2 aliphatic rings. The average molecular weight is 394 g/mol. The van der Waals surface area contributed by atoms with Crippen molar-refractivity contribution in [2.45, 2.75) is 50.3 Å². The summed E-state index contributed by atoms with van der Waals surface area (Å²) >= 11 is 0. The molecule has 3 N–H and O–H groups in total. The maximum atomic E-state index is 11.3. The van der Waals surface area contributed by atoms with Crippen molar-refractivity contribution < 1.29 is 14.6 Å².